The number of aromatic nitrogens is 2. The summed E-state index contributed by atoms with van der Waals surface area (Å²) in [6.07, 6.45) is 11.3. The van der Waals surface area contributed by atoms with Gasteiger partial charge in [0.15, 0.2) is 11.5 Å². The van der Waals surface area contributed by atoms with Gasteiger partial charge in [0.25, 0.3) is 0 Å². The molecule has 4 rings (SSSR count). The molecule has 2 unspecified atom stereocenters. The van der Waals surface area contributed by atoms with Crippen LogP contribution in [0.4, 0.5) is 0 Å². The van der Waals surface area contributed by atoms with Crippen LogP contribution in [0.25, 0.3) is 0 Å². The highest BCUT2D eigenvalue weighted by Crippen LogP contribution is 2.39. The number of aldehydes is 1. The number of nitrogens with zero attached hydrogens (tertiary/aromatic N) is 4. The zero-order valence-corrected chi connectivity index (χ0v) is 21.0. The summed E-state index contributed by atoms with van der Waals surface area (Å²) in [7, 11) is 2.19. The first-order valence-corrected chi connectivity index (χ1v) is 12.7. The van der Waals surface area contributed by atoms with Crippen LogP contribution in [0.2, 0.25) is 0 Å². The van der Waals surface area contributed by atoms with Crippen LogP contribution in [0.1, 0.15) is 63.3 Å². The molecule has 1 aromatic heterocycles. The molecule has 2 aliphatic heterocycles. The van der Waals surface area contributed by atoms with Gasteiger partial charge in [-0.15, -0.1) is 0 Å². The van der Waals surface area contributed by atoms with E-state index in [9.17, 15) is 4.79 Å². The number of carbonyl (C=O) groups excluding carboxylic acids is 1. The Bertz CT molecular complexity index is 864. The first kappa shape index (κ1) is 26.1. The third kappa shape index (κ3) is 7.77. The van der Waals surface area contributed by atoms with Gasteiger partial charge in [-0.05, 0) is 75.5 Å². The number of fused-ring (bicyclic) bond motifs is 1. The van der Waals surface area contributed by atoms with Crippen LogP contribution in [0.5, 0.6) is 11.5 Å². The molecule has 0 saturated carbocycles. The highest BCUT2D eigenvalue weighted by Gasteiger charge is 2.33. The molecular formula is C27H40N4O3. The number of ether oxygens (including phenoxy) is 2. The fourth-order valence-electron chi connectivity index (χ4n) is 4.69. The number of hydrogen-bond donors (Lipinski definition) is 0. The molecule has 3 heterocycles. The average Bonchev–Trinajstić information content (AvgIpc) is 3.49. The van der Waals surface area contributed by atoms with Crippen molar-refractivity contribution in [2.75, 3.05) is 40.0 Å². The van der Waals surface area contributed by atoms with Crippen LogP contribution in [-0.4, -0.2) is 72.1 Å². The molecule has 0 N–H and O–H groups in total. The molecule has 186 valence electrons. The molecule has 0 spiro atoms. The molecule has 1 fully saturated rings. The van der Waals surface area contributed by atoms with Crippen LogP contribution in [0.15, 0.2) is 36.7 Å². The summed E-state index contributed by atoms with van der Waals surface area (Å²) in [5, 5.41) is 0. The molecule has 1 saturated heterocycles. The van der Waals surface area contributed by atoms with Gasteiger partial charge in [0.2, 0.25) is 6.79 Å². The maximum absolute atomic E-state index is 11.1. The zero-order valence-electron chi connectivity index (χ0n) is 21.0. The normalized spacial score (nSPS) is 19.2. The van der Waals surface area contributed by atoms with Crippen molar-refractivity contribution in [2.24, 2.45) is 0 Å². The van der Waals surface area contributed by atoms with Crippen molar-refractivity contribution < 1.29 is 14.3 Å². The highest BCUT2D eigenvalue weighted by atomic mass is 16.7. The minimum absolute atomic E-state index is 0.292. The fourth-order valence-corrected chi connectivity index (χ4v) is 4.69. The van der Waals surface area contributed by atoms with E-state index in [1.807, 2.05) is 12.1 Å². The van der Waals surface area contributed by atoms with Gasteiger partial charge in [-0.3, -0.25) is 4.90 Å². The third-order valence-corrected chi connectivity index (χ3v) is 6.52. The summed E-state index contributed by atoms with van der Waals surface area (Å²) < 4.78 is 10.9. The molecule has 7 heteroatoms. The summed E-state index contributed by atoms with van der Waals surface area (Å²) in [5.74, 6) is 2.89. The molecule has 2 atom stereocenters. The lowest BCUT2D eigenvalue weighted by atomic mass is 9.94. The Labute approximate surface area is 204 Å². The topological polar surface area (TPSA) is 67.8 Å². The zero-order chi connectivity index (χ0) is 24.2. The van der Waals surface area contributed by atoms with E-state index in [4.69, 9.17) is 9.47 Å². The van der Waals surface area contributed by atoms with E-state index in [0.29, 0.717) is 25.3 Å². The predicted octanol–water partition coefficient (Wildman–Crippen LogP) is 4.32. The molecule has 2 aromatic rings. The molecule has 0 radical (unpaired) electrons. The van der Waals surface area contributed by atoms with E-state index in [1.165, 1.54) is 37.9 Å². The van der Waals surface area contributed by atoms with Crippen LogP contribution in [0.3, 0.4) is 0 Å². The van der Waals surface area contributed by atoms with E-state index in [2.05, 4.69) is 52.8 Å². The van der Waals surface area contributed by atoms with E-state index in [1.54, 1.807) is 12.4 Å². The van der Waals surface area contributed by atoms with Gasteiger partial charge in [0.05, 0.1) is 6.54 Å². The van der Waals surface area contributed by atoms with Crippen molar-refractivity contribution in [3.8, 4) is 11.5 Å². The highest BCUT2D eigenvalue weighted by molar-refractivity contribution is 5.52. The molecule has 1 aromatic carbocycles. The average molecular weight is 469 g/mol. The minimum atomic E-state index is 0.292. The number of aryl methyl sites for hydroxylation is 1. The van der Waals surface area contributed by atoms with Gasteiger partial charge >= 0.3 is 0 Å². The van der Waals surface area contributed by atoms with E-state index in [-0.39, 0.29) is 0 Å². The standard InChI is InChI=1S/C19H21N3O3.C8H19N/c23-9-8-22-12-15(14-2-4-17-18(11-14)25-13-24-17)10-16(22)3-5-19-20-6-1-7-21-19;1-4-6-8-9(3)7-5-2/h1-2,4,6-7,9,11,15-16H,3,5,8,10,12-13H2;4-8H2,1-3H3. The van der Waals surface area contributed by atoms with Gasteiger partial charge in [-0.1, -0.05) is 26.3 Å². The van der Waals surface area contributed by atoms with Crippen LogP contribution >= 0.6 is 0 Å². The molecule has 0 bridgehead atoms. The smallest absolute Gasteiger partial charge is 0.231 e. The Balaban J connectivity index is 0.000000309. The number of unbranched alkanes of at least 4 members (excludes halogenated alkanes) is 1. The largest absolute Gasteiger partial charge is 0.454 e. The van der Waals surface area contributed by atoms with Crippen molar-refractivity contribution in [3.05, 3.63) is 48.0 Å². The molecule has 2 aliphatic rings. The van der Waals surface area contributed by atoms with Crippen molar-refractivity contribution in [2.45, 2.75) is 64.3 Å². The SMILES string of the molecule is CCCCN(C)CCC.O=CCN1CC(c2ccc3c(c2)OCO3)CC1CCc1ncccn1. The molecule has 34 heavy (non-hydrogen) atoms. The second kappa shape index (κ2) is 14.0. The maximum Gasteiger partial charge on any atom is 0.231 e. The Morgan fingerprint density at radius 2 is 1.91 bits per heavy atom. The van der Waals surface area contributed by atoms with Crippen LogP contribution < -0.4 is 9.47 Å². The summed E-state index contributed by atoms with van der Waals surface area (Å²) >= 11 is 0. The summed E-state index contributed by atoms with van der Waals surface area (Å²) in [6, 6.07) is 8.36. The second-order valence-corrected chi connectivity index (χ2v) is 9.18. The summed E-state index contributed by atoms with van der Waals surface area (Å²) in [6.45, 7) is 8.63. The van der Waals surface area contributed by atoms with Gasteiger partial charge < -0.3 is 19.2 Å². The van der Waals surface area contributed by atoms with Gasteiger partial charge in [-0.25, -0.2) is 9.97 Å². The first-order valence-electron chi connectivity index (χ1n) is 12.7. The number of likely N-dealkylation sites (tertiary alicyclic amines) is 1. The van der Waals surface area contributed by atoms with E-state index < -0.39 is 0 Å². The molecular weight excluding hydrogens is 428 g/mol. The minimum Gasteiger partial charge on any atom is -0.454 e. The lowest BCUT2D eigenvalue weighted by Crippen LogP contribution is -2.31. The predicted molar refractivity (Wildman–Crippen MR) is 134 cm³/mol. The Hall–Kier alpha value is -2.51. The molecule has 0 amide bonds. The van der Waals surface area contributed by atoms with Gasteiger partial charge in [0.1, 0.15) is 12.1 Å². The molecule has 7 nitrogen and oxygen atoms in total. The molecule has 0 aliphatic carbocycles. The fraction of sp³-hybridized carbons (Fsp3) is 0.593. The van der Waals surface area contributed by atoms with Gasteiger partial charge in [-0.2, -0.15) is 0 Å². The number of rotatable bonds is 11. The third-order valence-electron chi connectivity index (χ3n) is 6.52. The number of carbonyl (C=O) groups is 1. The van der Waals surface area contributed by atoms with Crippen LogP contribution in [0, 0.1) is 0 Å². The van der Waals surface area contributed by atoms with E-state index in [0.717, 1.165) is 49.4 Å². The summed E-state index contributed by atoms with van der Waals surface area (Å²) in [4.78, 5) is 24.3. The Morgan fingerprint density at radius 1 is 1.12 bits per heavy atom. The second-order valence-electron chi connectivity index (χ2n) is 9.18. The van der Waals surface area contributed by atoms with Crippen molar-refractivity contribution in [1.29, 1.82) is 0 Å². The first-order chi connectivity index (χ1) is 16.6. The summed E-state index contributed by atoms with van der Waals surface area (Å²) in [5.41, 5.74) is 1.25. The Kier molecular flexibility index (Phi) is 10.8. The maximum atomic E-state index is 11.1. The van der Waals surface area contributed by atoms with Crippen molar-refractivity contribution in [3.63, 3.8) is 0 Å². The van der Waals surface area contributed by atoms with Crippen LogP contribution in [-0.2, 0) is 11.2 Å². The quantitative estimate of drug-likeness (QED) is 0.455. The lowest BCUT2D eigenvalue weighted by molar-refractivity contribution is -0.109. The number of benzene rings is 1. The van der Waals surface area contributed by atoms with Gasteiger partial charge in [0, 0.05) is 31.4 Å². The lowest BCUT2D eigenvalue weighted by Gasteiger charge is -2.21. The van der Waals surface area contributed by atoms with Crippen molar-refractivity contribution in [1.82, 2.24) is 19.8 Å². The number of hydrogen-bond acceptors (Lipinski definition) is 7. The monoisotopic (exact) mass is 468 g/mol. The Morgan fingerprint density at radius 3 is 2.65 bits per heavy atom. The van der Waals surface area contributed by atoms with Crippen molar-refractivity contribution >= 4 is 6.29 Å². The van der Waals surface area contributed by atoms with E-state index >= 15 is 0 Å².